The van der Waals surface area contributed by atoms with Crippen molar-refractivity contribution in [3.8, 4) is 0 Å². The highest BCUT2D eigenvalue weighted by atomic mass is 35.5. The van der Waals surface area contributed by atoms with Crippen LogP contribution in [0.1, 0.15) is 33.3 Å². The smallest absolute Gasteiger partial charge is 0.339 e. The third-order valence-electron chi connectivity index (χ3n) is 3.25. The average molecular weight is 335 g/mol. The number of hydrogen-bond donors (Lipinski definition) is 2. The molecule has 1 heterocycles. The number of esters is 1. The molecule has 2 rings (SSSR count). The topological polar surface area (TPSA) is 88.3 Å². The van der Waals surface area contributed by atoms with E-state index in [1.807, 2.05) is 0 Å². The molecule has 2 N–H and O–H groups in total. The summed E-state index contributed by atoms with van der Waals surface area (Å²) in [6.07, 6.45) is 0.423. The van der Waals surface area contributed by atoms with E-state index in [0.29, 0.717) is 22.8 Å². The number of benzene rings is 1. The van der Waals surface area contributed by atoms with Gasteiger partial charge in [-0.15, -0.1) is 0 Å². The van der Waals surface area contributed by atoms with Crippen LogP contribution in [0.3, 0.4) is 0 Å². The van der Waals surface area contributed by atoms with Crippen LogP contribution in [-0.4, -0.2) is 24.0 Å². The number of halogens is 1. The van der Waals surface area contributed by atoms with Gasteiger partial charge in [-0.1, -0.05) is 30.7 Å². The summed E-state index contributed by atoms with van der Waals surface area (Å²) >= 11 is 5.97. The predicted octanol–water partition coefficient (Wildman–Crippen LogP) is 2.63. The number of hydrogen-bond acceptors (Lipinski definition) is 4. The minimum Gasteiger partial charge on any atom is -0.465 e. The Morgan fingerprint density at radius 3 is 2.57 bits per heavy atom. The second-order valence-corrected chi connectivity index (χ2v) is 5.09. The van der Waals surface area contributed by atoms with Crippen molar-refractivity contribution < 1.29 is 14.3 Å². The van der Waals surface area contributed by atoms with Gasteiger partial charge in [-0.2, -0.15) is 0 Å². The summed E-state index contributed by atoms with van der Waals surface area (Å²) in [6.45, 7) is 1.78. The zero-order chi connectivity index (χ0) is 17.0. The summed E-state index contributed by atoms with van der Waals surface area (Å²) in [7, 11) is 1.23. The molecule has 7 heteroatoms. The summed E-state index contributed by atoms with van der Waals surface area (Å²) in [5, 5.41) is 2.89. The Kier molecular flexibility index (Phi) is 5.18. The van der Waals surface area contributed by atoms with Crippen molar-refractivity contribution in [3.05, 3.63) is 62.5 Å². The van der Waals surface area contributed by atoms with Gasteiger partial charge in [0, 0.05) is 5.69 Å². The molecule has 0 spiro atoms. The maximum atomic E-state index is 12.3. The van der Waals surface area contributed by atoms with Crippen LogP contribution in [0, 0.1) is 0 Å². The van der Waals surface area contributed by atoms with Gasteiger partial charge in [-0.25, -0.2) is 4.79 Å². The van der Waals surface area contributed by atoms with E-state index in [9.17, 15) is 14.4 Å². The average Bonchev–Trinajstić information content (AvgIpc) is 2.55. The highest BCUT2D eigenvalue weighted by Gasteiger charge is 2.19. The van der Waals surface area contributed by atoms with Crippen LogP contribution in [0.5, 0.6) is 0 Å². The first kappa shape index (κ1) is 16.8. The molecule has 0 atom stereocenters. The molecule has 23 heavy (non-hydrogen) atoms. The van der Waals surface area contributed by atoms with E-state index in [1.165, 1.54) is 13.2 Å². The second kappa shape index (κ2) is 7.11. The van der Waals surface area contributed by atoms with Crippen molar-refractivity contribution in [2.45, 2.75) is 13.3 Å². The van der Waals surface area contributed by atoms with Crippen LogP contribution >= 0.6 is 11.6 Å². The van der Waals surface area contributed by atoms with E-state index in [1.54, 1.807) is 31.2 Å². The first-order valence-corrected chi connectivity index (χ1v) is 7.26. The lowest BCUT2D eigenvalue weighted by atomic mass is 10.1. The van der Waals surface area contributed by atoms with Gasteiger partial charge in [0.1, 0.15) is 5.56 Å². The number of carbonyl (C=O) groups excluding carboxylic acids is 2. The number of pyridine rings is 1. The largest absolute Gasteiger partial charge is 0.465 e. The highest BCUT2D eigenvalue weighted by molar-refractivity contribution is 6.33. The van der Waals surface area contributed by atoms with Crippen molar-refractivity contribution >= 4 is 29.2 Å². The standard InChI is InChI=1S/C16H15ClN2O4/c1-3-12-9(16(22)23-2)8-10(14(20)18-12)15(21)19-13-7-5-4-6-11(13)17/h4-8H,3H2,1-2H3,(H,18,20)(H,19,21). The molecular weight excluding hydrogens is 320 g/mol. The molecule has 1 amide bonds. The van der Waals surface area contributed by atoms with Crippen LogP contribution in [0.25, 0.3) is 0 Å². The van der Waals surface area contributed by atoms with Gasteiger partial charge in [0.2, 0.25) is 0 Å². The molecule has 0 fully saturated rings. The predicted molar refractivity (Wildman–Crippen MR) is 87.2 cm³/mol. The molecule has 0 unspecified atom stereocenters. The van der Waals surface area contributed by atoms with Gasteiger partial charge >= 0.3 is 5.97 Å². The van der Waals surface area contributed by atoms with Gasteiger partial charge in [0.15, 0.2) is 0 Å². The Labute approximate surface area is 137 Å². The molecule has 1 aromatic carbocycles. The number of nitrogens with one attached hydrogen (secondary N) is 2. The minimum absolute atomic E-state index is 0.152. The fourth-order valence-corrected chi connectivity index (χ4v) is 2.24. The number of aryl methyl sites for hydroxylation is 1. The molecule has 0 bridgehead atoms. The lowest BCUT2D eigenvalue weighted by molar-refractivity contribution is 0.0599. The molecular formula is C16H15ClN2O4. The lowest BCUT2D eigenvalue weighted by Gasteiger charge is -2.10. The number of para-hydroxylation sites is 1. The molecule has 6 nitrogen and oxygen atoms in total. The normalized spacial score (nSPS) is 10.2. The number of aromatic amines is 1. The molecule has 0 aliphatic carbocycles. The van der Waals surface area contributed by atoms with Crippen molar-refractivity contribution in [1.82, 2.24) is 4.98 Å². The summed E-state index contributed by atoms with van der Waals surface area (Å²) in [5.41, 5.74) is 0.161. The summed E-state index contributed by atoms with van der Waals surface area (Å²) in [5.74, 6) is -1.28. The van der Waals surface area contributed by atoms with E-state index >= 15 is 0 Å². The van der Waals surface area contributed by atoms with Crippen molar-refractivity contribution in [3.63, 3.8) is 0 Å². The summed E-state index contributed by atoms with van der Waals surface area (Å²) in [6, 6.07) is 7.87. The number of ether oxygens (including phenoxy) is 1. The fourth-order valence-electron chi connectivity index (χ4n) is 2.06. The van der Waals surface area contributed by atoms with Crippen LogP contribution < -0.4 is 10.9 Å². The zero-order valence-corrected chi connectivity index (χ0v) is 13.4. The van der Waals surface area contributed by atoms with Gasteiger partial charge in [0.25, 0.3) is 11.5 Å². The molecule has 120 valence electrons. The van der Waals surface area contributed by atoms with Gasteiger partial charge in [-0.3, -0.25) is 9.59 Å². The Balaban J connectivity index is 2.43. The third kappa shape index (κ3) is 3.60. The third-order valence-corrected chi connectivity index (χ3v) is 3.58. The van der Waals surface area contributed by atoms with Gasteiger partial charge in [0.05, 0.1) is 23.4 Å². The van der Waals surface area contributed by atoms with E-state index in [4.69, 9.17) is 11.6 Å². The monoisotopic (exact) mass is 334 g/mol. The first-order chi connectivity index (χ1) is 11.0. The van der Waals surface area contributed by atoms with Crippen molar-refractivity contribution in [2.75, 3.05) is 12.4 Å². The fraction of sp³-hybridized carbons (Fsp3) is 0.188. The minimum atomic E-state index is -0.660. The van der Waals surface area contributed by atoms with Crippen LogP contribution in [0.2, 0.25) is 5.02 Å². The van der Waals surface area contributed by atoms with Crippen LogP contribution in [0.15, 0.2) is 35.1 Å². The van der Waals surface area contributed by atoms with Crippen LogP contribution in [-0.2, 0) is 11.2 Å². The van der Waals surface area contributed by atoms with Crippen molar-refractivity contribution in [2.24, 2.45) is 0 Å². The molecule has 0 radical (unpaired) electrons. The number of methoxy groups -OCH3 is 1. The number of aromatic nitrogens is 1. The van der Waals surface area contributed by atoms with Gasteiger partial charge < -0.3 is 15.0 Å². The van der Waals surface area contributed by atoms with E-state index < -0.39 is 17.4 Å². The summed E-state index contributed by atoms with van der Waals surface area (Å²) < 4.78 is 4.68. The molecule has 0 aliphatic rings. The van der Waals surface area contributed by atoms with E-state index in [-0.39, 0.29) is 11.1 Å². The lowest BCUT2D eigenvalue weighted by Crippen LogP contribution is -2.26. The second-order valence-electron chi connectivity index (χ2n) is 4.68. The van der Waals surface area contributed by atoms with Gasteiger partial charge in [-0.05, 0) is 24.6 Å². The Morgan fingerprint density at radius 1 is 1.26 bits per heavy atom. The highest BCUT2D eigenvalue weighted by Crippen LogP contribution is 2.21. The summed E-state index contributed by atoms with van der Waals surface area (Å²) in [4.78, 5) is 38.7. The molecule has 2 aromatic rings. The SMILES string of the molecule is CCc1[nH]c(=O)c(C(=O)Nc2ccccc2Cl)cc1C(=O)OC. The molecule has 0 saturated heterocycles. The van der Waals surface area contributed by atoms with Crippen LogP contribution in [0.4, 0.5) is 5.69 Å². The number of anilines is 1. The van der Waals surface area contributed by atoms with E-state index in [2.05, 4.69) is 15.0 Å². The number of amides is 1. The van der Waals surface area contributed by atoms with Crippen molar-refractivity contribution in [1.29, 1.82) is 0 Å². The first-order valence-electron chi connectivity index (χ1n) is 6.88. The molecule has 0 saturated carbocycles. The number of rotatable bonds is 4. The quantitative estimate of drug-likeness (QED) is 0.841. The Bertz CT molecular complexity index is 814. The Morgan fingerprint density at radius 2 is 1.96 bits per heavy atom. The number of carbonyl (C=O) groups is 2. The molecule has 0 aliphatic heterocycles. The Hall–Kier alpha value is -2.60. The molecule has 1 aromatic heterocycles. The zero-order valence-electron chi connectivity index (χ0n) is 12.6. The maximum Gasteiger partial charge on any atom is 0.339 e. The van der Waals surface area contributed by atoms with E-state index in [0.717, 1.165) is 0 Å². The number of H-pyrrole nitrogens is 1. The maximum absolute atomic E-state index is 12.3.